The molecule has 1 heterocycles. The second-order valence-corrected chi connectivity index (χ2v) is 7.51. The van der Waals surface area contributed by atoms with Crippen LogP contribution in [0.15, 0.2) is 23.6 Å². The molecule has 0 bridgehead atoms. The molecule has 0 aliphatic heterocycles. The molecule has 0 unspecified atom stereocenters. The van der Waals surface area contributed by atoms with E-state index in [1.807, 2.05) is 11.3 Å². The van der Waals surface area contributed by atoms with E-state index < -0.39 is 0 Å². The van der Waals surface area contributed by atoms with Crippen LogP contribution in [0.4, 0.5) is 0 Å². The van der Waals surface area contributed by atoms with Gasteiger partial charge in [-0.15, -0.1) is 11.3 Å². The molecule has 0 saturated heterocycles. The number of fused-ring (bicyclic) bond motifs is 1. The molecule has 0 fully saturated rings. The summed E-state index contributed by atoms with van der Waals surface area (Å²) in [6.07, 6.45) is 1.11. The summed E-state index contributed by atoms with van der Waals surface area (Å²) >= 11 is 1.86. The Morgan fingerprint density at radius 1 is 1.21 bits per heavy atom. The van der Waals surface area contributed by atoms with Crippen molar-refractivity contribution in [1.82, 2.24) is 5.32 Å². The first kappa shape index (κ1) is 14.5. The molecule has 1 N–H and O–H groups in total. The first-order valence-electron chi connectivity index (χ1n) is 7.12. The summed E-state index contributed by atoms with van der Waals surface area (Å²) in [5.74, 6) is 0.602. The van der Waals surface area contributed by atoms with Crippen molar-refractivity contribution in [3.05, 3.63) is 34.7 Å². The summed E-state index contributed by atoms with van der Waals surface area (Å²) in [4.78, 5) is 0. The molecule has 2 heteroatoms. The van der Waals surface area contributed by atoms with Crippen molar-refractivity contribution in [2.45, 2.75) is 52.5 Å². The largest absolute Gasteiger partial charge is 0.312 e. The van der Waals surface area contributed by atoms with Gasteiger partial charge in [-0.2, -0.15) is 0 Å². The molecule has 0 aliphatic rings. The van der Waals surface area contributed by atoms with Crippen LogP contribution in [0.1, 0.15) is 51.7 Å². The first-order valence-corrected chi connectivity index (χ1v) is 8.00. The smallest absolute Gasteiger partial charge is 0.0345 e. The molecular weight excluding hydrogens is 250 g/mol. The third-order valence-electron chi connectivity index (χ3n) is 3.39. The van der Waals surface area contributed by atoms with Gasteiger partial charge in [0.15, 0.2) is 0 Å². The maximum atomic E-state index is 3.57. The SMILES string of the molecule is CC(C)c1ccc2scc(CCNC(C)(C)C)c2c1. The average molecular weight is 275 g/mol. The zero-order chi connectivity index (χ0) is 14.0. The Morgan fingerprint density at radius 2 is 1.95 bits per heavy atom. The Labute approximate surface area is 121 Å². The minimum atomic E-state index is 0.203. The Balaban J connectivity index is 2.17. The molecule has 1 nitrogen and oxygen atoms in total. The summed E-state index contributed by atoms with van der Waals surface area (Å²) in [7, 11) is 0. The van der Waals surface area contributed by atoms with E-state index >= 15 is 0 Å². The van der Waals surface area contributed by atoms with Gasteiger partial charge in [0.25, 0.3) is 0 Å². The second kappa shape index (κ2) is 5.64. The summed E-state index contributed by atoms with van der Waals surface area (Å²) < 4.78 is 1.41. The maximum absolute atomic E-state index is 3.57. The molecular formula is C17H25NS. The van der Waals surface area contributed by atoms with Gasteiger partial charge in [-0.05, 0) is 73.7 Å². The highest BCUT2D eigenvalue weighted by Gasteiger charge is 2.10. The van der Waals surface area contributed by atoms with E-state index in [9.17, 15) is 0 Å². The fourth-order valence-corrected chi connectivity index (χ4v) is 3.20. The zero-order valence-electron chi connectivity index (χ0n) is 12.7. The fraction of sp³-hybridized carbons (Fsp3) is 0.529. The Kier molecular flexibility index (Phi) is 4.32. The van der Waals surface area contributed by atoms with E-state index in [1.165, 1.54) is 21.2 Å². The lowest BCUT2D eigenvalue weighted by atomic mass is 10.00. The molecule has 0 radical (unpaired) electrons. The van der Waals surface area contributed by atoms with E-state index in [-0.39, 0.29) is 5.54 Å². The number of nitrogens with one attached hydrogen (secondary N) is 1. The maximum Gasteiger partial charge on any atom is 0.0345 e. The van der Waals surface area contributed by atoms with Crippen LogP contribution in [0.25, 0.3) is 10.1 Å². The van der Waals surface area contributed by atoms with Gasteiger partial charge in [-0.1, -0.05) is 19.9 Å². The van der Waals surface area contributed by atoms with E-state index in [2.05, 4.69) is 63.5 Å². The van der Waals surface area contributed by atoms with Gasteiger partial charge in [0, 0.05) is 10.2 Å². The van der Waals surface area contributed by atoms with Gasteiger partial charge in [-0.25, -0.2) is 0 Å². The molecule has 1 aromatic heterocycles. The summed E-state index contributed by atoms with van der Waals surface area (Å²) in [5, 5.41) is 7.34. The quantitative estimate of drug-likeness (QED) is 0.832. The highest BCUT2D eigenvalue weighted by atomic mass is 32.1. The van der Waals surface area contributed by atoms with Gasteiger partial charge in [0.05, 0.1) is 0 Å². The molecule has 0 aliphatic carbocycles. The Hall–Kier alpha value is -0.860. The van der Waals surface area contributed by atoms with Crippen LogP contribution in [0.2, 0.25) is 0 Å². The molecule has 2 rings (SSSR count). The van der Waals surface area contributed by atoms with Crippen molar-refractivity contribution < 1.29 is 0 Å². The van der Waals surface area contributed by atoms with Crippen LogP contribution in [0.3, 0.4) is 0 Å². The lowest BCUT2D eigenvalue weighted by molar-refractivity contribution is 0.430. The van der Waals surface area contributed by atoms with Crippen LogP contribution in [-0.2, 0) is 6.42 Å². The van der Waals surface area contributed by atoms with Gasteiger partial charge >= 0.3 is 0 Å². The van der Waals surface area contributed by atoms with Crippen LogP contribution in [0, 0.1) is 0 Å². The highest BCUT2D eigenvalue weighted by Crippen LogP contribution is 2.29. The molecule has 1 aromatic carbocycles. The van der Waals surface area contributed by atoms with Crippen molar-refractivity contribution in [1.29, 1.82) is 0 Å². The average Bonchev–Trinajstić information content (AvgIpc) is 2.70. The minimum absolute atomic E-state index is 0.203. The second-order valence-electron chi connectivity index (χ2n) is 6.60. The number of hydrogen-bond acceptors (Lipinski definition) is 2. The van der Waals surface area contributed by atoms with Gasteiger partial charge in [0.1, 0.15) is 0 Å². The summed E-state index contributed by atoms with van der Waals surface area (Å²) in [6.45, 7) is 12.2. The van der Waals surface area contributed by atoms with Crippen molar-refractivity contribution >= 4 is 21.4 Å². The monoisotopic (exact) mass is 275 g/mol. The predicted octanol–water partition coefficient (Wildman–Crippen LogP) is 4.96. The Morgan fingerprint density at radius 3 is 2.58 bits per heavy atom. The number of benzene rings is 1. The number of hydrogen-bond donors (Lipinski definition) is 1. The van der Waals surface area contributed by atoms with Crippen LogP contribution in [0.5, 0.6) is 0 Å². The third-order valence-corrected chi connectivity index (χ3v) is 4.41. The molecule has 0 saturated carbocycles. The van der Waals surface area contributed by atoms with E-state index in [4.69, 9.17) is 0 Å². The predicted molar refractivity (Wildman–Crippen MR) is 87.4 cm³/mol. The van der Waals surface area contributed by atoms with E-state index in [0.29, 0.717) is 5.92 Å². The molecule has 0 atom stereocenters. The van der Waals surface area contributed by atoms with Crippen molar-refractivity contribution in [3.63, 3.8) is 0 Å². The van der Waals surface area contributed by atoms with Crippen molar-refractivity contribution in [2.75, 3.05) is 6.54 Å². The normalized spacial score (nSPS) is 12.5. The standard InChI is InChI=1S/C17H25NS/c1-12(2)13-6-7-16-15(10-13)14(11-19-16)8-9-18-17(3,4)5/h6-7,10-12,18H,8-9H2,1-5H3. The van der Waals surface area contributed by atoms with Crippen LogP contribution >= 0.6 is 11.3 Å². The minimum Gasteiger partial charge on any atom is -0.312 e. The third kappa shape index (κ3) is 3.80. The molecule has 0 amide bonds. The number of thiophene rings is 1. The summed E-state index contributed by atoms with van der Waals surface area (Å²) in [5.41, 5.74) is 3.13. The van der Waals surface area contributed by atoms with Crippen LogP contribution < -0.4 is 5.32 Å². The highest BCUT2D eigenvalue weighted by molar-refractivity contribution is 7.17. The molecule has 19 heavy (non-hydrogen) atoms. The topological polar surface area (TPSA) is 12.0 Å². The molecule has 2 aromatic rings. The first-order chi connectivity index (χ1) is 8.87. The Bertz CT molecular complexity index is 546. The lowest BCUT2D eigenvalue weighted by Crippen LogP contribution is -2.37. The van der Waals surface area contributed by atoms with Gasteiger partial charge < -0.3 is 5.32 Å². The van der Waals surface area contributed by atoms with Crippen LogP contribution in [-0.4, -0.2) is 12.1 Å². The molecule has 0 spiro atoms. The van der Waals surface area contributed by atoms with Gasteiger partial charge in [0.2, 0.25) is 0 Å². The van der Waals surface area contributed by atoms with Crippen molar-refractivity contribution in [2.24, 2.45) is 0 Å². The van der Waals surface area contributed by atoms with E-state index in [0.717, 1.165) is 13.0 Å². The zero-order valence-corrected chi connectivity index (χ0v) is 13.5. The number of rotatable bonds is 4. The summed E-state index contributed by atoms with van der Waals surface area (Å²) in [6, 6.07) is 6.92. The molecule has 104 valence electrons. The van der Waals surface area contributed by atoms with Gasteiger partial charge in [-0.3, -0.25) is 0 Å². The lowest BCUT2D eigenvalue weighted by Gasteiger charge is -2.20. The fourth-order valence-electron chi connectivity index (χ4n) is 2.22. The van der Waals surface area contributed by atoms with Crippen molar-refractivity contribution in [3.8, 4) is 0 Å². The van der Waals surface area contributed by atoms with E-state index in [1.54, 1.807) is 0 Å².